The Hall–Kier alpha value is -2.54. The van der Waals surface area contributed by atoms with Crippen molar-refractivity contribution in [1.29, 1.82) is 0 Å². The first-order valence-electron chi connectivity index (χ1n) is 9.57. The fraction of sp³-hybridized carbons (Fsp3) is 0.364. The summed E-state index contributed by atoms with van der Waals surface area (Å²) in [5.74, 6) is -0.0262. The van der Waals surface area contributed by atoms with Crippen molar-refractivity contribution in [2.24, 2.45) is 0 Å². The minimum Gasteiger partial charge on any atom is -0.494 e. The standard InChI is InChI=1S/C22H25FN2O3S/c1-24(14-16-9-10-19(28-2)18(23)13-16)22(27)17-7-3-4-8-20(17)29-15-21(26)25-11-5-6-12-25/h3-4,7-10,13H,5-6,11-12,14-15H2,1-2H3. The van der Waals surface area contributed by atoms with Gasteiger partial charge >= 0.3 is 0 Å². The van der Waals surface area contributed by atoms with Gasteiger partial charge in [-0.3, -0.25) is 9.59 Å². The molecular formula is C22H25FN2O3S. The molecule has 1 heterocycles. The molecule has 1 saturated heterocycles. The van der Waals surface area contributed by atoms with Crippen LogP contribution in [0.1, 0.15) is 28.8 Å². The van der Waals surface area contributed by atoms with Crippen molar-refractivity contribution in [1.82, 2.24) is 9.80 Å². The van der Waals surface area contributed by atoms with Gasteiger partial charge in [0.15, 0.2) is 11.6 Å². The number of hydrogen-bond acceptors (Lipinski definition) is 4. The summed E-state index contributed by atoms with van der Waals surface area (Å²) in [7, 11) is 3.10. The second-order valence-electron chi connectivity index (χ2n) is 7.00. The summed E-state index contributed by atoms with van der Waals surface area (Å²) in [5, 5.41) is 0. The van der Waals surface area contributed by atoms with Crippen LogP contribution in [0.2, 0.25) is 0 Å². The third-order valence-corrected chi connectivity index (χ3v) is 5.97. The van der Waals surface area contributed by atoms with Crippen LogP contribution in [0.25, 0.3) is 0 Å². The number of likely N-dealkylation sites (tertiary alicyclic amines) is 1. The van der Waals surface area contributed by atoms with Gasteiger partial charge in [-0.1, -0.05) is 18.2 Å². The number of methoxy groups -OCH3 is 1. The van der Waals surface area contributed by atoms with Gasteiger partial charge in [-0.15, -0.1) is 11.8 Å². The normalized spacial score (nSPS) is 13.4. The van der Waals surface area contributed by atoms with Crippen LogP contribution in [-0.2, 0) is 11.3 Å². The summed E-state index contributed by atoms with van der Waals surface area (Å²) in [6, 6.07) is 11.9. The Kier molecular flexibility index (Phi) is 7.14. The number of amides is 2. The monoisotopic (exact) mass is 416 g/mol. The molecule has 0 unspecified atom stereocenters. The third kappa shape index (κ3) is 5.29. The summed E-state index contributed by atoms with van der Waals surface area (Å²) in [4.78, 5) is 29.5. The second-order valence-corrected chi connectivity index (χ2v) is 8.02. The smallest absolute Gasteiger partial charge is 0.255 e. The van der Waals surface area contributed by atoms with E-state index >= 15 is 0 Å². The fourth-order valence-corrected chi connectivity index (χ4v) is 4.27. The molecule has 2 amide bonds. The summed E-state index contributed by atoms with van der Waals surface area (Å²) >= 11 is 1.39. The number of thioether (sulfide) groups is 1. The highest BCUT2D eigenvalue weighted by molar-refractivity contribution is 8.00. The SMILES string of the molecule is COc1ccc(CN(C)C(=O)c2ccccc2SCC(=O)N2CCCC2)cc1F. The predicted molar refractivity (Wildman–Crippen MR) is 112 cm³/mol. The van der Waals surface area contributed by atoms with E-state index in [4.69, 9.17) is 4.74 Å². The zero-order valence-corrected chi connectivity index (χ0v) is 17.5. The van der Waals surface area contributed by atoms with Gasteiger partial charge in [-0.25, -0.2) is 4.39 Å². The highest BCUT2D eigenvalue weighted by atomic mass is 32.2. The molecule has 154 valence electrons. The van der Waals surface area contributed by atoms with Crippen LogP contribution >= 0.6 is 11.8 Å². The predicted octanol–water partition coefficient (Wildman–Crippen LogP) is 3.82. The fourth-order valence-electron chi connectivity index (χ4n) is 3.33. The molecular weight excluding hydrogens is 391 g/mol. The molecule has 0 aliphatic carbocycles. The van der Waals surface area contributed by atoms with Gasteiger partial charge in [0.25, 0.3) is 5.91 Å². The van der Waals surface area contributed by atoms with Gasteiger partial charge in [0, 0.05) is 31.6 Å². The molecule has 1 aliphatic heterocycles. The summed E-state index contributed by atoms with van der Waals surface area (Å²) in [6.07, 6.45) is 2.12. The Morgan fingerprint density at radius 3 is 2.59 bits per heavy atom. The molecule has 0 radical (unpaired) electrons. The number of ether oxygens (including phenoxy) is 1. The molecule has 1 aliphatic rings. The molecule has 0 atom stereocenters. The lowest BCUT2D eigenvalue weighted by molar-refractivity contribution is -0.127. The van der Waals surface area contributed by atoms with Crippen LogP contribution in [0.4, 0.5) is 4.39 Å². The minimum absolute atomic E-state index is 0.108. The summed E-state index contributed by atoms with van der Waals surface area (Å²) < 4.78 is 18.9. The van der Waals surface area contributed by atoms with Gasteiger partial charge in [0.1, 0.15) is 0 Å². The lowest BCUT2D eigenvalue weighted by Crippen LogP contribution is -2.29. The van der Waals surface area contributed by atoms with E-state index in [1.54, 1.807) is 36.2 Å². The quantitative estimate of drug-likeness (QED) is 0.644. The van der Waals surface area contributed by atoms with Crippen molar-refractivity contribution in [3.63, 3.8) is 0 Å². The van der Waals surface area contributed by atoms with Gasteiger partial charge in [-0.2, -0.15) is 0 Å². The van der Waals surface area contributed by atoms with Crippen LogP contribution in [0, 0.1) is 5.82 Å². The number of halogens is 1. The van der Waals surface area contributed by atoms with Crippen LogP contribution in [0.5, 0.6) is 5.75 Å². The summed E-state index contributed by atoms with van der Waals surface area (Å²) in [5.41, 5.74) is 1.22. The van der Waals surface area contributed by atoms with Crippen molar-refractivity contribution >= 4 is 23.6 Å². The van der Waals surface area contributed by atoms with Crippen molar-refractivity contribution in [2.45, 2.75) is 24.3 Å². The Bertz CT molecular complexity index is 884. The number of carbonyl (C=O) groups is 2. The van der Waals surface area contributed by atoms with E-state index in [1.807, 2.05) is 17.0 Å². The molecule has 5 nitrogen and oxygen atoms in total. The molecule has 0 aromatic heterocycles. The van der Waals surface area contributed by atoms with E-state index in [-0.39, 0.29) is 24.1 Å². The van der Waals surface area contributed by atoms with Gasteiger partial charge in [0.2, 0.25) is 5.91 Å². The largest absolute Gasteiger partial charge is 0.494 e. The zero-order chi connectivity index (χ0) is 20.8. The molecule has 3 rings (SSSR count). The Morgan fingerprint density at radius 1 is 1.17 bits per heavy atom. The molecule has 29 heavy (non-hydrogen) atoms. The van der Waals surface area contributed by atoms with E-state index in [0.717, 1.165) is 30.8 Å². The lowest BCUT2D eigenvalue weighted by atomic mass is 10.1. The van der Waals surface area contributed by atoms with Crippen molar-refractivity contribution < 1.29 is 18.7 Å². The number of carbonyl (C=O) groups excluding carboxylic acids is 2. The number of nitrogens with zero attached hydrogens (tertiary/aromatic N) is 2. The Labute approximate surface area is 174 Å². The molecule has 0 saturated carbocycles. The number of hydrogen-bond donors (Lipinski definition) is 0. The van der Waals surface area contributed by atoms with Gasteiger partial charge in [-0.05, 0) is 42.7 Å². The zero-order valence-electron chi connectivity index (χ0n) is 16.7. The first-order chi connectivity index (χ1) is 14.0. The molecule has 7 heteroatoms. The first kappa shape index (κ1) is 21.2. The average molecular weight is 417 g/mol. The van der Waals surface area contributed by atoms with Crippen LogP contribution < -0.4 is 4.74 Å². The molecule has 1 fully saturated rings. The van der Waals surface area contributed by atoms with E-state index < -0.39 is 5.82 Å². The minimum atomic E-state index is -0.456. The molecule has 0 spiro atoms. The van der Waals surface area contributed by atoms with E-state index in [2.05, 4.69) is 0 Å². The molecule has 2 aromatic rings. The van der Waals surface area contributed by atoms with Crippen molar-refractivity contribution in [3.8, 4) is 5.75 Å². The topological polar surface area (TPSA) is 49.9 Å². The maximum atomic E-state index is 13.9. The van der Waals surface area contributed by atoms with E-state index in [0.29, 0.717) is 16.9 Å². The van der Waals surface area contributed by atoms with Crippen molar-refractivity contribution in [3.05, 3.63) is 59.4 Å². The Balaban J connectivity index is 1.66. The van der Waals surface area contributed by atoms with E-state index in [1.165, 1.54) is 24.9 Å². The highest BCUT2D eigenvalue weighted by Crippen LogP contribution is 2.25. The van der Waals surface area contributed by atoms with Gasteiger partial charge in [0.05, 0.1) is 18.4 Å². The second kappa shape index (κ2) is 9.78. The molecule has 0 bridgehead atoms. The van der Waals surface area contributed by atoms with Crippen LogP contribution in [0.15, 0.2) is 47.4 Å². The van der Waals surface area contributed by atoms with Crippen LogP contribution in [0.3, 0.4) is 0 Å². The van der Waals surface area contributed by atoms with Gasteiger partial charge < -0.3 is 14.5 Å². The molecule has 2 aromatic carbocycles. The first-order valence-corrected chi connectivity index (χ1v) is 10.6. The van der Waals surface area contributed by atoms with E-state index in [9.17, 15) is 14.0 Å². The maximum Gasteiger partial charge on any atom is 0.255 e. The summed E-state index contributed by atoms with van der Waals surface area (Å²) in [6.45, 7) is 1.91. The highest BCUT2D eigenvalue weighted by Gasteiger charge is 2.20. The molecule has 0 N–H and O–H groups in total. The lowest BCUT2D eigenvalue weighted by Gasteiger charge is -2.20. The van der Waals surface area contributed by atoms with Crippen molar-refractivity contribution in [2.75, 3.05) is 33.0 Å². The average Bonchev–Trinajstić information content (AvgIpc) is 3.27. The number of benzene rings is 2. The Morgan fingerprint density at radius 2 is 1.90 bits per heavy atom. The third-order valence-electron chi connectivity index (χ3n) is 4.91. The maximum absolute atomic E-state index is 13.9. The van der Waals surface area contributed by atoms with Crippen LogP contribution in [-0.4, -0.2) is 54.6 Å². The number of rotatable bonds is 7.